The lowest BCUT2D eigenvalue weighted by atomic mass is 9.77. The minimum atomic E-state index is -0.206. The first-order valence-corrected chi connectivity index (χ1v) is 10.9. The van der Waals surface area contributed by atoms with Gasteiger partial charge in [-0.2, -0.15) is 5.10 Å². The van der Waals surface area contributed by atoms with E-state index in [0.717, 1.165) is 42.3 Å². The van der Waals surface area contributed by atoms with Gasteiger partial charge in [0.05, 0.1) is 17.5 Å². The van der Waals surface area contributed by atoms with Gasteiger partial charge in [0.15, 0.2) is 5.82 Å². The van der Waals surface area contributed by atoms with E-state index >= 15 is 0 Å². The molecule has 0 spiro atoms. The van der Waals surface area contributed by atoms with Gasteiger partial charge in [0.1, 0.15) is 0 Å². The van der Waals surface area contributed by atoms with Crippen LogP contribution < -0.4 is 5.32 Å². The number of nitrogens with one attached hydrogen (secondary N) is 1. The molecule has 1 aliphatic carbocycles. The molecule has 5 nitrogen and oxygen atoms in total. The highest BCUT2D eigenvalue weighted by molar-refractivity contribution is 9.10. The summed E-state index contributed by atoms with van der Waals surface area (Å²) in [7, 11) is 0. The zero-order valence-corrected chi connectivity index (χ0v) is 18.2. The van der Waals surface area contributed by atoms with Gasteiger partial charge in [0, 0.05) is 16.2 Å². The minimum absolute atomic E-state index is 0.0521. The molecule has 1 fully saturated rings. The van der Waals surface area contributed by atoms with E-state index < -0.39 is 0 Å². The summed E-state index contributed by atoms with van der Waals surface area (Å²) in [5.74, 6) is 0.662. The molecule has 0 radical (unpaired) electrons. The molecule has 0 bridgehead atoms. The molecule has 0 unspecified atom stereocenters. The van der Waals surface area contributed by atoms with Gasteiger partial charge in [-0.25, -0.2) is 9.67 Å². The Labute approximate surface area is 179 Å². The molecule has 4 rings (SSSR count). The van der Waals surface area contributed by atoms with Crippen LogP contribution in [0.25, 0.3) is 5.82 Å². The fourth-order valence-electron chi connectivity index (χ4n) is 4.22. The summed E-state index contributed by atoms with van der Waals surface area (Å²) in [5.41, 5.74) is 2.45. The van der Waals surface area contributed by atoms with Crippen molar-refractivity contribution < 1.29 is 4.79 Å². The van der Waals surface area contributed by atoms with Crippen molar-refractivity contribution in [3.8, 4) is 5.82 Å². The van der Waals surface area contributed by atoms with Gasteiger partial charge in [-0.3, -0.25) is 4.79 Å². The van der Waals surface area contributed by atoms with Crippen LogP contribution in [-0.2, 0) is 6.42 Å². The smallest absolute Gasteiger partial charge is 0.255 e. The fourth-order valence-corrected chi connectivity index (χ4v) is 4.48. The number of carbonyl (C=O) groups excluding carboxylic acids is 1. The van der Waals surface area contributed by atoms with E-state index in [1.165, 1.54) is 12.0 Å². The fraction of sp³-hybridized carbons (Fsp3) is 0.348. The van der Waals surface area contributed by atoms with E-state index in [0.29, 0.717) is 11.4 Å². The van der Waals surface area contributed by atoms with Crippen molar-refractivity contribution >= 4 is 21.8 Å². The average Bonchev–Trinajstić information content (AvgIpc) is 3.12. The van der Waals surface area contributed by atoms with E-state index in [9.17, 15) is 4.79 Å². The number of nitrogens with zero attached hydrogens (tertiary/aromatic N) is 3. The van der Waals surface area contributed by atoms with Crippen LogP contribution in [0, 0.1) is 6.92 Å². The Morgan fingerprint density at radius 1 is 1.14 bits per heavy atom. The first-order valence-electron chi connectivity index (χ1n) is 10.1. The summed E-state index contributed by atoms with van der Waals surface area (Å²) < 4.78 is 2.79. The van der Waals surface area contributed by atoms with Crippen molar-refractivity contribution in [1.82, 2.24) is 20.1 Å². The molecular formula is C23H25BrN4O. The lowest BCUT2D eigenvalue weighted by molar-refractivity contribution is 0.0867. The van der Waals surface area contributed by atoms with Crippen LogP contribution in [0.3, 0.4) is 0 Å². The Balaban J connectivity index is 1.57. The van der Waals surface area contributed by atoms with Crippen molar-refractivity contribution in [3.63, 3.8) is 0 Å². The molecule has 1 aliphatic rings. The third kappa shape index (κ3) is 4.42. The standard InChI is InChI=1S/C23H25BrN4O/c1-17-20(16-26-28(17)21-7-3-6-14-25-21)22(29)27-23(12-4-2-5-13-23)15-18-8-10-19(24)11-9-18/h3,6-11,14,16H,2,4-5,12-13,15H2,1H3,(H,27,29). The summed E-state index contributed by atoms with van der Waals surface area (Å²) in [6.07, 6.45) is 9.74. The van der Waals surface area contributed by atoms with E-state index in [4.69, 9.17) is 0 Å². The molecule has 1 saturated carbocycles. The third-order valence-corrected chi connectivity index (χ3v) is 6.29. The van der Waals surface area contributed by atoms with Crippen molar-refractivity contribution in [3.05, 3.63) is 76.2 Å². The second-order valence-electron chi connectivity index (χ2n) is 7.84. The Morgan fingerprint density at radius 3 is 2.59 bits per heavy atom. The Hall–Kier alpha value is -2.47. The number of aromatic nitrogens is 3. The molecule has 2 heterocycles. The van der Waals surface area contributed by atoms with Gasteiger partial charge in [-0.15, -0.1) is 0 Å². The number of halogens is 1. The van der Waals surface area contributed by atoms with Crippen molar-refractivity contribution in [1.29, 1.82) is 0 Å². The Kier molecular flexibility index (Phi) is 5.81. The van der Waals surface area contributed by atoms with E-state index in [1.54, 1.807) is 17.1 Å². The maximum absolute atomic E-state index is 13.2. The van der Waals surface area contributed by atoms with Gasteiger partial charge in [-0.05, 0) is 56.0 Å². The molecule has 6 heteroatoms. The molecule has 3 aromatic rings. The first-order chi connectivity index (χ1) is 14.1. The Morgan fingerprint density at radius 2 is 1.90 bits per heavy atom. The van der Waals surface area contributed by atoms with Crippen LogP contribution >= 0.6 is 15.9 Å². The summed E-state index contributed by atoms with van der Waals surface area (Å²) in [4.78, 5) is 17.6. The van der Waals surface area contributed by atoms with Gasteiger partial charge in [0.25, 0.3) is 5.91 Å². The van der Waals surface area contributed by atoms with Gasteiger partial charge in [0.2, 0.25) is 0 Å². The minimum Gasteiger partial charge on any atom is -0.346 e. The van der Waals surface area contributed by atoms with E-state index in [-0.39, 0.29) is 11.4 Å². The van der Waals surface area contributed by atoms with Crippen LogP contribution in [-0.4, -0.2) is 26.2 Å². The zero-order valence-electron chi connectivity index (χ0n) is 16.6. The molecule has 2 aromatic heterocycles. The number of benzene rings is 1. The number of rotatable bonds is 5. The lowest BCUT2D eigenvalue weighted by Gasteiger charge is -2.38. The van der Waals surface area contributed by atoms with Crippen LogP contribution in [0.2, 0.25) is 0 Å². The highest BCUT2D eigenvalue weighted by atomic mass is 79.9. The van der Waals surface area contributed by atoms with Crippen molar-refractivity contribution in [2.24, 2.45) is 0 Å². The molecule has 1 aromatic carbocycles. The summed E-state index contributed by atoms with van der Waals surface area (Å²) in [5, 5.41) is 7.80. The first kappa shape index (κ1) is 19.8. The number of amides is 1. The molecule has 0 saturated heterocycles. The largest absolute Gasteiger partial charge is 0.346 e. The molecule has 1 N–H and O–H groups in total. The maximum atomic E-state index is 13.2. The zero-order chi connectivity index (χ0) is 20.3. The second-order valence-corrected chi connectivity index (χ2v) is 8.76. The van der Waals surface area contributed by atoms with Crippen LogP contribution in [0.4, 0.5) is 0 Å². The highest BCUT2D eigenvalue weighted by Gasteiger charge is 2.34. The van der Waals surface area contributed by atoms with Crippen LogP contribution in [0.1, 0.15) is 53.7 Å². The lowest BCUT2D eigenvalue weighted by Crippen LogP contribution is -2.51. The van der Waals surface area contributed by atoms with E-state index in [2.05, 4.69) is 55.6 Å². The van der Waals surface area contributed by atoms with Crippen molar-refractivity contribution in [2.45, 2.75) is 51.0 Å². The molecule has 150 valence electrons. The molecule has 1 amide bonds. The van der Waals surface area contributed by atoms with Crippen LogP contribution in [0.15, 0.2) is 59.3 Å². The molecule has 0 atom stereocenters. The summed E-state index contributed by atoms with van der Waals surface area (Å²) >= 11 is 3.50. The Bertz CT molecular complexity index is 976. The molecule has 0 aliphatic heterocycles. The predicted molar refractivity (Wildman–Crippen MR) is 117 cm³/mol. The predicted octanol–water partition coefficient (Wildman–Crippen LogP) is 5.01. The normalized spacial score (nSPS) is 15.8. The highest BCUT2D eigenvalue weighted by Crippen LogP contribution is 2.32. The summed E-state index contributed by atoms with van der Waals surface area (Å²) in [6.45, 7) is 1.92. The average molecular weight is 453 g/mol. The molecular weight excluding hydrogens is 428 g/mol. The number of carbonyl (C=O) groups is 1. The topological polar surface area (TPSA) is 59.8 Å². The van der Waals surface area contributed by atoms with Gasteiger partial charge >= 0.3 is 0 Å². The SMILES string of the molecule is Cc1c(C(=O)NC2(Cc3ccc(Br)cc3)CCCCC2)cnn1-c1ccccn1. The maximum Gasteiger partial charge on any atom is 0.255 e. The van der Waals surface area contributed by atoms with E-state index in [1.807, 2.05) is 25.1 Å². The quantitative estimate of drug-likeness (QED) is 0.591. The van der Waals surface area contributed by atoms with Crippen LogP contribution in [0.5, 0.6) is 0 Å². The summed E-state index contributed by atoms with van der Waals surface area (Å²) in [6, 6.07) is 14.1. The number of pyridine rings is 1. The third-order valence-electron chi connectivity index (χ3n) is 5.77. The second kappa shape index (κ2) is 8.49. The monoisotopic (exact) mass is 452 g/mol. The molecule has 29 heavy (non-hydrogen) atoms. The van der Waals surface area contributed by atoms with Gasteiger partial charge < -0.3 is 5.32 Å². The van der Waals surface area contributed by atoms with Crippen molar-refractivity contribution in [2.75, 3.05) is 0 Å². The number of hydrogen-bond donors (Lipinski definition) is 1. The van der Waals surface area contributed by atoms with Gasteiger partial charge in [-0.1, -0.05) is 53.4 Å². The number of hydrogen-bond acceptors (Lipinski definition) is 3.